The lowest BCUT2D eigenvalue weighted by Gasteiger charge is -2.10. The summed E-state index contributed by atoms with van der Waals surface area (Å²) in [5.74, 6) is 0.0800. The summed E-state index contributed by atoms with van der Waals surface area (Å²) in [5.41, 5.74) is 2.23. The van der Waals surface area contributed by atoms with Crippen molar-refractivity contribution in [3.8, 4) is 11.5 Å². The van der Waals surface area contributed by atoms with E-state index < -0.39 is 0 Å². The van der Waals surface area contributed by atoms with Crippen LogP contribution in [-0.2, 0) is 0 Å². The van der Waals surface area contributed by atoms with Gasteiger partial charge in [0, 0.05) is 25.3 Å². The number of hydrogen-bond acceptors (Lipinski definition) is 4. The normalized spacial score (nSPS) is 10.9. The van der Waals surface area contributed by atoms with Crippen molar-refractivity contribution in [1.82, 2.24) is 0 Å². The number of phenols is 1. The first-order valence-electron chi connectivity index (χ1n) is 8.35. The van der Waals surface area contributed by atoms with Crippen molar-refractivity contribution in [2.45, 2.75) is 0 Å². The Labute approximate surface area is 193 Å². The number of methoxy groups -OCH3 is 1. The number of amides is 1. The smallest absolute Gasteiger partial charge is 0.256 e. The first kappa shape index (κ1) is 21.5. The maximum Gasteiger partial charge on any atom is 0.256 e. The molecule has 5 nitrogen and oxygen atoms in total. The Balaban J connectivity index is 1.85. The highest BCUT2D eigenvalue weighted by Crippen LogP contribution is 2.39. The highest BCUT2D eigenvalue weighted by molar-refractivity contribution is 9.13. The Bertz CT molecular complexity index is 1100. The van der Waals surface area contributed by atoms with Gasteiger partial charge in [-0.25, -0.2) is 0 Å². The number of halogens is 3. The SMILES string of the molecule is COc1cc(Br)c(Br)c(C=Nc2cccc(NC(=O)c3ccccc3Br)c2)c1O. The lowest BCUT2D eigenvalue weighted by atomic mass is 10.2. The molecule has 0 atom stereocenters. The van der Waals surface area contributed by atoms with Crippen molar-refractivity contribution in [3.05, 3.63) is 79.1 Å². The first-order chi connectivity index (χ1) is 13.9. The van der Waals surface area contributed by atoms with Crippen LogP contribution < -0.4 is 10.1 Å². The number of carbonyl (C=O) groups excluding carboxylic acids is 1. The molecule has 0 aromatic heterocycles. The van der Waals surface area contributed by atoms with Crippen molar-refractivity contribution in [2.75, 3.05) is 12.4 Å². The van der Waals surface area contributed by atoms with Gasteiger partial charge in [0.1, 0.15) is 0 Å². The molecule has 0 saturated heterocycles. The zero-order chi connectivity index (χ0) is 21.0. The Hall–Kier alpha value is -2.16. The summed E-state index contributed by atoms with van der Waals surface area (Å²) in [6.07, 6.45) is 1.53. The molecule has 8 heteroatoms. The molecule has 0 aliphatic rings. The lowest BCUT2D eigenvalue weighted by molar-refractivity contribution is 0.102. The van der Waals surface area contributed by atoms with Crippen LogP contribution >= 0.6 is 47.8 Å². The third-order valence-corrected chi connectivity index (χ3v) is 6.68. The summed E-state index contributed by atoms with van der Waals surface area (Å²) in [6, 6.07) is 16.0. The van der Waals surface area contributed by atoms with E-state index in [-0.39, 0.29) is 11.7 Å². The summed E-state index contributed by atoms with van der Waals surface area (Å²) in [4.78, 5) is 16.9. The Morgan fingerprint density at radius 2 is 1.83 bits per heavy atom. The fourth-order valence-corrected chi connectivity index (χ4v) is 3.82. The zero-order valence-electron chi connectivity index (χ0n) is 15.1. The molecule has 3 aromatic carbocycles. The van der Waals surface area contributed by atoms with Gasteiger partial charge in [-0.3, -0.25) is 9.79 Å². The molecule has 0 bridgehead atoms. The van der Waals surface area contributed by atoms with Gasteiger partial charge in [0.05, 0.1) is 23.9 Å². The van der Waals surface area contributed by atoms with Gasteiger partial charge in [-0.1, -0.05) is 18.2 Å². The topological polar surface area (TPSA) is 70.9 Å². The van der Waals surface area contributed by atoms with E-state index in [1.807, 2.05) is 12.1 Å². The van der Waals surface area contributed by atoms with E-state index in [9.17, 15) is 9.90 Å². The van der Waals surface area contributed by atoms with Crippen LogP contribution in [0.25, 0.3) is 0 Å². The van der Waals surface area contributed by atoms with E-state index in [1.165, 1.54) is 13.3 Å². The number of rotatable bonds is 5. The Morgan fingerprint density at radius 3 is 2.55 bits per heavy atom. The number of anilines is 1. The molecule has 148 valence electrons. The number of hydrogen-bond donors (Lipinski definition) is 2. The minimum atomic E-state index is -0.226. The van der Waals surface area contributed by atoms with E-state index in [0.717, 1.165) is 8.95 Å². The van der Waals surface area contributed by atoms with Crippen molar-refractivity contribution in [1.29, 1.82) is 0 Å². The quantitative estimate of drug-likeness (QED) is 0.329. The van der Waals surface area contributed by atoms with Gasteiger partial charge in [0.2, 0.25) is 0 Å². The van der Waals surface area contributed by atoms with Gasteiger partial charge in [0.15, 0.2) is 11.5 Å². The standard InChI is InChI=1S/C21H15Br3N2O3/c1-29-18-10-17(23)19(24)15(20(18)27)11-25-12-5-4-6-13(9-12)26-21(28)14-7-2-3-8-16(14)22/h2-11,27H,1H3,(H,26,28). The van der Waals surface area contributed by atoms with Crippen molar-refractivity contribution in [2.24, 2.45) is 4.99 Å². The maximum atomic E-state index is 12.5. The van der Waals surface area contributed by atoms with Gasteiger partial charge >= 0.3 is 0 Å². The van der Waals surface area contributed by atoms with Crippen LogP contribution in [0.3, 0.4) is 0 Å². The molecule has 0 aliphatic heterocycles. The summed E-state index contributed by atoms with van der Waals surface area (Å²) < 4.78 is 7.27. The number of aromatic hydroxyl groups is 1. The fraction of sp³-hybridized carbons (Fsp3) is 0.0476. The number of nitrogens with zero attached hydrogens (tertiary/aromatic N) is 1. The Morgan fingerprint density at radius 1 is 1.07 bits per heavy atom. The van der Waals surface area contributed by atoms with Gasteiger partial charge < -0.3 is 15.2 Å². The van der Waals surface area contributed by atoms with E-state index in [4.69, 9.17) is 4.74 Å². The van der Waals surface area contributed by atoms with Crippen molar-refractivity contribution in [3.63, 3.8) is 0 Å². The molecule has 0 radical (unpaired) electrons. The molecule has 0 saturated carbocycles. The van der Waals surface area contributed by atoms with Crippen LogP contribution in [0.5, 0.6) is 11.5 Å². The fourth-order valence-electron chi connectivity index (χ4n) is 2.53. The molecule has 29 heavy (non-hydrogen) atoms. The minimum absolute atomic E-state index is 0.0234. The first-order valence-corrected chi connectivity index (χ1v) is 10.7. The number of nitrogens with one attached hydrogen (secondary N) is 1. The molecular formula is C21H15Br3N2O3. The zero-order valence-corrected chi connectivity index (χ0v) is 19.9. The number of benzene rings is 3. The van der Waals surface area contributed by atoms with Crippen LogP contribution in [0.2, 0.25) is 0 Å². The second-order valence-electron chi connectivity index (χ2n) is 5.88. The van der Waals surface area contributed by atoms with Crippen LogP contribution in [0.15, 0.2) is 73.0 Å². The molecule has 0 fully saturated rings. The second-order valence-corrected chi connectivity index (χ2v) is 8.38. The third-order valence-electron chi connectivity index (χ3n) is 3.98. The molecule has 0 spiro atoms. The molecule has 1 amide bonds. The number of phenolic OH excluding ortho intramolecular Hbond substituents is 1. The average Bonchev–Trinajstić information content (AvgIpc) is 2.71. The summed E-state index contributed by atoms with van der Waals surface area (Å²) in [5, 5.41) is 13.2. The number of carbonyl (C=O) groups is 1. The number of aliphatic imine (C=N–C) groups is 1. The van der Waals surface area contributed by atoms with Crippen LogP contribution in [0, 0.1) is 0 Å². The van der Waals surface area contributed by atoms with E-state index >= 15 is 0 Å². The highest BCUT2D eigenvalue weighted by atomic mass is 79.9. The molecule has 2 N–H and O–H groups in total. The molecule has 3 rings (SSSR count). The van der Waals surface area contributed by atoms with Gasteiger partial charge in [-0.2, -0.15) is 0 Å². The van der Waals surface area contributed by atoms with Crippen LogP contribution in [-0.4, -0.2) is 24.3 Å². The predicted octanol–water partition coefficient (Wildman–Crippen LogP) is 6.69. The minimum Gasteiger partial charge on any atom is -0.504 e. The van der Waals surface area contributed by atoms with Crippen LogP contribution in [0.4, 0.5) is 11.4 Å². The monoisotopic (exact) mass is 580 g/mol. The molecule has 0 unspecified atom stereocenters. The van der Waals surface area contributed by atoms with Crippen molar-refractivity contribution >= 4 is 71.3 Å². The van der Waals surface area contributed by atoms with Crippen LogP contribution in [0.1, 0.15) is 15.9 Å². The second kappa shape index (κ2) is 9.56. The summed E-state index contributed by atoms with van der Waals surface area (Å²) >= 11 is 10.2. The van der Waals surface area contributed by atoms with Gasteiger partial charge in [-0.05, 0) is 84.2 Å². The molecule has 3 aromatic rings. The van der Waals surface area contributed by atoms with E-state index in [1.54, 1.807) is 42.5 Å². The lowest BCUT2D eigenvalue weighted by Crippen LogP contribution is -2.12. The van der Waals surface area contributed by atoms with Gasteiger partial charge in [-0.15, -0.1) is 0 Å². The average molecular weight is 583 g/mol. The van der Waals surface area contributed by atoms with Gasteiger partial charge in [0.25, 0.3) is 5.91 Å². The van der Waals surface area contributed by atoms with E-state index in [2.05, 4.69) is 58.1 Å². The third kappa shape index (κ3) is 5.07. The Kier molecular flexibility index (Phi) is 7.10. The number of ether oxygens (including phenoxy) is 1. The summed E-state index contributed by atoms with van der Waals surface area (Å²) in [6.45, 7) is 0. The molecular weight excluding hydrogens is 568 g/mol. The molecule has 0 heterocycles. The highest BCUT2D eigenvalue weighted by Gasteiger charge is 2.14. The maximum absolute atomic E-state index is 12.5. The summed E-state index contributed by atoms with van der Waals surface area (Å²) in [7, 11) is 1.48. The molecule has 0 aliphatic carbocycles. The van der Waals surface area contributed by atoms with Crippen molar-refractivity contribution < 1.29 is 14.6 Å². The predicted molar refractivity (Wildman–Crippen MR) is 126 cm³/mol. The largest absolute Gasteiger partial charge is 0.504 e. The van der Waals surface area contributed by atoms with E-state index in [0.29, 0.717) is 32.7 Å².